The second-order valence-corrected chi connectivity index (χ2v) is 5.70. The minimum absolute atomic E-state index is 0.101. The number of likely N-dealkylation sites (tertiary alicyclic amines) is 1. The Bertz CT molecular complexity index is 511. The molecule has 0 spiro atoms. The zero-order valence-electron chi connectivity index (χ0n) is 11.0. The predicted molar refractivity (Wildman–Crippen MR) is 69.3 cm³/mol. The Morgan fingerprint density at radius 2 is 2.21 bits per heavy atom. The van der Waals surface area contributed by atoms with Crippen molar-refractivity contribution in [2.24, 2.45) is 11.8 Å². The fourth-order valence-corrected chi connectivity index (χ4v) is 3.29. The van der Waals surface area contributed by atoms with E-state index in [1.54, 1.807) is 13.0 Å². The normalized spacial score (nSPS) is 24.8. The molecule has 0 radical (unpaired) electrons. The van der Waals surface area contributed by atoms with Crippen molar-refractivity contribution in [3.05, 3.63) is 35.1 Å². The highest BCUT2D eigenvalue weighted by molar-refractivity contribution is 5.70. The molecule has 3 rings (SSSR count). The summed E-state index contributed by atoms with van der Waals surface area (Å²) < 4.78 is 13.7. The maximum Gasteiger partial charge on any atom is 0.306 e. The van der Waals surface area contributed by atoms with E-state index in [0.29, 0.717) is 0 Å². The molecule has 4 heteroatoms. The topological polar surface area (TPSA) is 40.5 Å². The Morgan fingerprint density at radius 1 is 1.47 bits per heavy atom. The standard InChI is InChI=1S/C15H18FNO2/c1-9(15(18)19)10-7-17(8-10)14-6-5-11-12(14)3-2-4-13(11)16/h2-4,9-10,14H,5-8H2,1H3,(H,18,19). The average molecular weight is 263 g/mol. The summed E-state index contributed by atoms with van der Waals surface area (Å²) >= 11 is 0. The summed E-state index contributed by atoms with van der Waals surface area (Å²) in [4.78, 5) is 13.2. The molecule has 1 saturated heterocycles. The van der Waals surface area contributed by atoms with Crippen LogP contribution in [0.25, 0.3) is 0 Å². The van der Waals surface area contributed by atoms with Crippen molar-refractivity contribution in [2.45, 2.75) is 25.8 Å². The van der Waals surface area contributed by atoms with Crippen molar-refractivity contribution in [3.63, 3.8) is 0 Å². The second-order valence-electron chi connectivity index (χ2n) is 5.70. The Kier molecular flexibility index (Phi) is 3.05. The molecular weight excluding hydrogens is 245 g/mol. The molecule has 1 aliphatic heterocycles. The van der Waals surface area contributed by atoms with E-state index < -0.39 is 5.97 Å². The Morgan fingerprint density at radius 3 is 2.89 bits per heavy atom. The van der Waals surface area contributed by atoms with Crippen LogP contribution in [0, 0.1) is 17.7 Å². The third-order valence-electron chi connectivity index (χ3n) is 4.66. The second kappa shape index (κ2) is 4.60. The fourth-order valence-electron chi connectivity index (χ4n) is 3.29. The summed E-state index contributed by atoms with van der Waals surface area (Å²) in [6.45, 7) is 3.40. The third-order valence-corrected chi connectivity index (χ3v) is 4.66. The number of fused-ring (bicyclic) bond motifs is 1. The van der Waals surface area contributed by atoms with Gasteiger partial charge in [0.25, 0.3) is 0 Å². The van der Waals surface area contributed by atoms with Gasteiger partial charge in [-0.3, -0.25) is 9.69 Å². The summed E-state index contributed by atoms with van der Waals surface area (Å²) in [6, 6.07) is 5.57. The molecule has 0 bridgehead atoms. The van der Waals surface area contributed by atoms with Gasteiger partial charge in [-0.2, -0.15) is 0 Å². The first-order chi connectivity index (χ1) is 9.08. The number of rotatable bonds is 3. The van der Waals surface area contributed by atoms with Crippen molar-refractivity contribution in [1.82, 2.24) is 4.90 Å². The molecule has 2 aliphatic rings. The molecule has 2 unspecified atom stereocenters. The number of aliphatic carboxylic acids is 1. The van der Waals surface area contributed by atoms with Gasteiger partial charge in [0.15, 0.2) is 0 Å². The molecule has 19 heavy (non-hydrogen) atoms. The molecule has 1 heterocycles. The molecule has 1 fully saturated rings. The average Bonchev–Trinajstić information content (AvgIpc) is 2.72. The van der Waals surface area contributed by atoms with Crippen LogP contribution in [0.2, 0.25) is 0 Å². The number of nitrogens with zero attached hydrogens (tertiary/aromatic N) is 1. The quantitative estimate of drug-likeness (QED) is 0.910. The zero-order valence-corrected chi connectivity index (χ0v) is 11.0. The molecular formula is C15H18FNO2. The van der Waals surface area contributed by atoms with Crippen LogP contribution in [-0.4, -0.2) is 29.1 Å². The van der Waals surface area contributed by atoms with Crippen LogP contribution in [0.3, 0.4) is 0 Å². The van der Waals surface area contributed by atoms with Crippen LogP contribution in [-0.2, 0) is 11.2 Å². The molecule has 2 atom stereocenters. The van der Waals surface area contributed by atoms with Crippen molar-refractivity contribution in [1.29, 1.82) is 0 Å². The first-order valence-electron chi connectivity index (χ1n) is 6.82. The maximum absolute atomic E-state index is 13.7. The molecule has 0 aromatic heterocycles. The summed E-state index contributed by atoms with van der Waals surface area (Å²) in [5, 5.41) is 9.00. The van der Waals surface area contributed by atoms with Crippen LogP contribution in [0.1, 0.15) is 30.5 Å². The monoisotopic (exact) mass is 263 g/mol. The summed E-state index contributed by atoms with van der Waals surface area (Å²) in [5.41, 5.74) is 1.95. The lowest BCUT2D eigenvalue weighted by molar-refractivity contribution is -0.146. The van der Waals surface area contributed by atoms with E-state index in [1.165, 1.54) is 6.07 Å². The Balaban J connectivity index is 1.69. The highest BCUT2D eigenvalue weighted by Crippen LogP contribution is 2.41. The van der Waals surface area contributed by atoms with Gasteiger partial charge in [0, 0.05) is 19.1 Å². The number of benzene rings is 1. The van der Waals surface area contributed by atoms with Gasteiger partial charge in [0.2, 0.25) is 0 Å². The maximum atomic E-state index is 13.7. The number of halogens is 1. The molecule has 1 aromatic carbocycles. The van der Waals surface area contributed by atoms with Crippen molar-refractivity contribution in [3.8, 4) is 0 Å². The van der Waals surface area contributed by atoms with Gasteiger partial charge >= 0.3 is 5.97 Å². The Labute approximate surface area is 112 Å². The van der Waals surface area contributed by atoms with Gasteiger partial charge in [-0.15, -0.1) is 0 Å². The zero-order chi connectivity index (χ0) is 13.6. The van der Waals surface area contributed by atoms with E-state index in [1.807, 2.05) is 6.07 Å². The van der Waals surface area contributed by atoms with Crippen molar-refractivity contribution in [2.75, 3.05) is 13.1 Å². The van der Waals surface area contributed by atoms with Crippen LogP contribution in [0.4, 0.5) is 4.39 Å². The largest absolute Gasteiger partial charge is 0.481 e. The lowest BCUT2D eigenvalue weighted by Crippen LogP contribution is -2.51. The molecule has 1 N–H and O–H groups in total. The van der Waals surface area contributed by atoms with E-state index >= 15 is 0 Å². The molecule has 0 saturated carbocycles. The summed E-state index contributed by atoms with van der Waals surface area (Å²) in [5.74, 6) is -0.877. The minimum Gasteiger partial charge on any atom is -0.481 e. The van der Waals surface area contributed by atoms with E-state index in [9.17, 15) is 9.18 Å². The first-order valence-corrected chi connectivity index (χ1v) is 6.82. The van der Waals surface area contributed by atoms with Crippen LogP contribution >= 0.6 is 0 Å². The minimum atomic E-state index is -0.720. The number of hydrogen-bond acceptors (Lipinski definition) is 2. The lowest BCUT2D eigenvalue weighted by Gasteiger charge is -2.45. The predicted octanol–water partition coefficient (Wildman–Crippen LogP) is 2.47. The van der Waals surface area contributed by atoms with Gasteiger partial charge in [0.1, 0.15) is 5.82 Å². The van der Waals surface area contributed by atoms with Crippen LogP contribution in [0.15, 0.2) is 18.2 Å². The van der Waals surface area contributed by atoms with E-state index in [-0.39, 0.29) is 23.7 Å². The third kappa shape index (κ3) is 2.04. The van der Waals surface area contributed by atoms with Crippen LogP contribution < -0.4 is 0 Å². The summed E-state index contributed by atoms with van der Waals surface area (Å²) in [6.07, 6.45) is 1.74. The lowest BCUT2D eigenvalue weighted by atomic mass is 9.85. The SMILES string of the molecule is CC(C(=O)O)C1CN(C2CCc3c(F)cccc32)C1. The molecule has 1 aliphatic carbocycles. The van der Waals surface area contributed by atoms with Crippen LogP contribution in [0.5, 0.6) is 0 Å². The first kappa shape index (κ1) is 12.6. The molecule has 3 nitrogen and oxygen atoms in total. The van der Waals surface area contributed by atoms with E-state index in [0.717, 1.165) is 37.1 Å². The van der Waals surface area contributed by atoms with Gasteiger partial charge in [-0.25, -0.2) is 4.39 Å². The molecule has 0 amide bonds. The molecule has 1 aromatic rings. The van der Waals surface area contributed by atoms with Gasteiger partial charge < -0.3 is 5.11 Å². The van der Waals surface area contributed by atoms with Crippen molar-refractivity contribution < 1.29 is 14.3 Å². The highest BCUT2D eigenvalue weighted by Gasteiger charge is 2.40. The summed E-state index contributed by atoms with van der Waals surface area (Å²) in [7, 11) is 0. The van der Waals surface area contributed by atoms with Gasteiger partial charge in [-0.1, -0.05) is 19.1 Å². The number of carboxylic acids is 1. The van der Waals surface area contributed by atoms with E-state index in [2.05, 4.69) is 4.90 Å². The smallest absolute Gasteiger partial charge is 0.306 e. The van der Waals surface area contributed by atoms with Gasteiger partial charge in [0.05, 0.1) is 5.92 Å². The van der Waals surface area contributed by atoms with Crippen molar-refractivity contribution >= 4 is 5.97 Å². The van der Waals surface area contributed by atoms with E-state index in [4.69, 9.17) is 5.11 Å². The number of carbonyl (C=O) groups is 1. The Hall–Kier alpha value is -1.42. The fraction of sp³-hybridized carbons (Fsp3) is 0.533. The number of hydrogen-bond donors (Lipinski definition) is 1. The van der Waals surface area contributed by atoms with Gasteiger partial charge in [-0.05, 0) is 36.0 Å². The highest BCUT2D eigenvalue weighted by atomic mass is 19.1. The number of carboxylic acid groups (broad SMARTS) is 1. The molecule has 102 valence electrons.